The fourth-order valence-corrected chi connectivity index (χ4v) is 2.36. The van der Waals surface area contributed by atoms with Crippen LogP contribution in [0.15, 0.2) is 42.7 Å². The fourth-order valence-electron chi connectivity index (χ4n) is 2.36. The van der Waals surface area contributed by atoms with Gasteiger partial charge in [0.1, 0.15) is 5.75 Å². The number of ether oxygens (including phenoxy) is 1. The first-order valence-corrected chi connectivity index (χ1v) is 6.26. The minimum absolute atomic E-state index is 0.339. The highest BCUT2D eigenvalue weighted by molar-refractivity contribution is 6.58. The minimum Gasteiger partial charge on any atom is -0.491 e. The van der Waals surface area contributed by atoms with Gasteiger partial charge in [0, 0.05) is 17.6 Å². The van der Waals surface area contributed by atoms with Gasteiger partial charge in [-0.25, -0.2) is 0 Å². The molecule has 96 valence electrons. The predicted molar refractivity (Wildman–Crippen MR) is 72.4 cm³/mol. The highest BCUT2D eigenvalue weighted by Crippen LogP contribution is 2.34. The van der Waals surface area contributed by atoms with Crippen molar-refractivity contribution in [1.29, 1.82) is 0 Å². The number of nitrogens with zero attached hydrogens (tertiary/aromatic N) is 1. The second-order valence-corrected chi connectivity index (χ2v) is 4.74. The molecular weight excluding hydrogens is 241 g/mol. The first-order valence-electron chi connectivity index (χ1n) is 6.26. The van der Waals surface area contributed by atoms with Gasteiger partial charge in [0.15, 0.2) is 0 Å². The fraction of sp³-hybridized carbons (Fsp3) is 0.214. The van der Waals surface area contributed by atoms with Crippen LogP contribution in [0.2, 0.25) is 0 Å². The first kappa shape index (κ1) is 12.2. The van der Waals surface area contributed by atoms with E-state index in [1.807, 2.05) is 12.1 Å². The molecule has 1 aromatic heterocycles. The maximum atomic E-state index is 9.07. The maximum Gasteiger partial charge on any atom is 0.490 e. The summed E-state index contributed by atoms with van der Waals surface area (Å²) in [6, 6.07) is 9.94. The summed E-state index contributed by atoms with van der Waals surface area (Å²) >= 11 is 0. The van der Waals surface area contributed by atoms with E-state index in [1.165, 1.54) is 17.3 Å². The zero-order chi connectivity index (χ0) is 13.2. The molecule has 0 amide bonds. The van der Waals surface area contributed by atoms with Crippen molar-refractivity contribution in [1.82, 2.24) is 4.98 Å². The normalized spacial score (nSPS) is 16.4. The summed E-state index contributed by atoms with van der Waals surface area (Å²) in [6.07, 6.45) is 4.03. The topological polar surface area (TPSA) is 62.6 Å². The van der Waals surface area contributed by atoms with Crippen molar-refractivity contribution in [3.05, 3.63) is 53.9 Å². The largest absolute Gasteiger partial charge is 0.491 e. The summed E-state index contributed by atoms with van der Waals surface area (Å²) in [5.41, 5.74) is 3.06. The minimum atomic E-state index is -1.51. The van der Waals surface area contributed by atoms with Crippen molar-refractivity contribution in [2.45, 2.75) is 12.3 Å². The Kier molecular flexibility index (Phi) is 3.23. The lowest BCUT2D eigenvalue weighted by Gasteiger charge is -2.29. The van der Waals surface area contributed by atoms with Crippen LogP contribution >= 0.6 is 0 Å². The van der Waals surface area contributed by atoms with Crippen molar-refractivity contribution < 1.29 is 14.8 Å². The molecule has 1 atom stereocenters. The highest BCUT2D eigenvalue weighted by atomic mass is 16.5. The molecule has 4 nitrogen and oxygen atoms in total. The first-order chi connectivity index (χ1) is 9.24. The summed E-state index contributed by atoms with van der Waals surface area (Å²) < 4.78 is 5.67. The van der Waals surface area contributed by atoms with E-state index in [1.54, 1.807) is 12.3 Å². The molecule has 3 rings (SSSR count). The number of pyridine rings is 1. The summed E-state index contributed by atoms with van der Waals surface area (Å²) in [7, 11) is -1.51. The number of hydrogen-bond acceptors (Lipinski definition) is 4. The van der Waals surface area contributed by atoms with Gasteiger partial charge in [-0.15, -0.1) is 0 Å². The average molecular weight is 255 g/mol. The highest BCUT2D eigenvalue weighted by Gasteiger charge is 2.25. The number of benzene rings is 1. The molecule has 0 saturated carbocycles. The van der Waals surface area contributed by atoms with Crippen LogP contribution in [0, 0.1) is 0 Å². The van der Waals surface area contributed by atoms with E-state index in [2.05, 4.69) is 17.1 Å². The van der Waals surface area contributed by atoms with Crippen molar-refractivity contribution in [3.8, 4) is 5.75 Å². The summed E-state index contributed by atoms with van der Waals surface area (Å²) in [5, 5.41) is 18.1. The monoisotopic (exact) mass is 255 g/mol. The summed E-state index contributed by atoms with van der Waals surface area (Å²) in [6.45, 7) is 0.587. The molecular formula is C14H14BNO3. The molecule has 0 fully saturated rings. The van der Waals surface area contributed by atoms with Crippen molar-refractivity contribution in [2.24, 2.45) is 0 Å². The molecule has 1 aromatic carbocycles. The Morgan fingerprint density at radius 3 is 2.89 bits per heavy atom. The van der Waals surface area contributed by atoms with E-state index >= 15 is 0 Å². The average Bonchev–Trinajstić information content (AvgIpc) is 2.40. The van der Waals surface area contributed by atoms with Crippen molar-refractivity contribution in [2.75, 3.05) is 6.61 Å². The SMILES string of the molecule is OB(O)c1cncc(OCC2Cc3ccccc32)c1. The molecule has 0 radical (unpaired) electrons. The smallest absolute Gasteiger partial charge is 0.490 e. The Labute approximate surface area is 111 Å². The zero-order valence-electron chi connectivity index (χ0n) is 10.4. The summed E-state index contributed by atoms with van der Waals surface area (Å²) in [5.74, 6) is 0.980. The number of rotatable bonds is 4. The van der Waals surface area contributed by atoms with Crippen LogP contribution in [0.4, 0.5) is 0 Å². The van der Waals surface area contributed by atoms with Gasteiger partial charge in [-0.2, -0.15) is 0 Å². The maximum absolute atomic E-state index is 9.07. The second kappa shape index (κ2) is 5.03. The standard InChI is InChI=1S/C14H14BNO3/c17-15(18)12-6-13(8-16-7-12)19-9-11-5-10-3-1-2-4-14(10)11/h1-4,6-8,11,17-18H,5,9H2. The molecule has 0 saturated heterocycles. The lowest BCUT2D eigenvalue weighted by Crippen LogP contribution is -2.30. The van der Waals surface area contributed by atoms with Gasteiger partial charge in [-0.3, -0.25) is 4.98 Å². The van der Waals surface area contributed by atoms with Crippen molar-refractivity contribution >= 4 is 12.6 Å². The Hall–Kier alpha value is -1.85. The second-order valence-electron chi connectivity index (χ2n) is 4.74. The van der Waals surface area contributed by atoms with Crippen LogP contribution in [-0.4, -0.2) is 28.8 Å². The van der Waals surface area contributed by atoms with E-state index in [4.69, 9.17) is 14.8 Å². The third kappa shape index (κ3) is 2.48. The van der Waals surface area contributed by atoms with Crippen LogP contribution in [0.5, 0.6) is 5.75 Å². The molecule has 1 heterocycles. The van der Waals surface area contributed by atoms with Crippen LogP contribution in [0.3, 0.4) is 0 Å². The van der Waals surface area contributed by atoms with Crippen molar-refractivity contribution in [3.63, 3.8) is 0 Å². The molecule has 1 aliphatic rings. The van der Waals surface area contributed by atoms with E-state index in [-0.39, 0.29) is 0 Å². The van der Waals surface area contributed by atoms with E-state index in [0.717, 1.165) is 6.42 Å². The van der Waals surface area contributed by atoms with Gasteiger partial charge in [0.25, 0.3) is 0 Å². The quantitative estimate of drug-likeness (QED) is 0.780. The molecule has 1 aliphatic carbocycles. The lowest BCUT2D eigenvalue weighted by molar-refractivity contribution is 0.274. The zero-order valence-corrected chi connectivity index (χ0v) is 10.4. The lowest BCUT2D eigenvalue weighted by atomic mass is 9.78. The third-order valence-electron chi connectivity index (χ3n) is 3.44. The summed E-state index contributed by atoms with van der Waals surface area (Å²) in [4.78, 5) is 3.93. The Morgan fingerprint density at radius 1 is 1.26 bits per heavy atom. The van der Waals surface area contributed by atoms with Crippen LogP contribution in [0.1, 0.15) is 17.0 Å². The third-order valence-corrected chi connectivity index (χ3v) is 3.44. The number of aromatic nitrogens is 1. The van der Waals surface area contributed by atoms with Crippen LogP contribution in [-0.2, 0) is 6.42 Å². The van der Waals surface area contributed by atoms with E-state index < -0.39 is 7.12 Å². The molecule has 2 N–H and O–H groups in total. The molecule has 19 heavy (non-hydrogen) atoms. The van der Waals surface area contributed by atoms with Gasteiger partial charge in [-0.05, 0) is 23.6 Å². The molecule has 0 bridgehead atoms. The van der Waals surface area contributed by atoms with Crippen LogP contribution in [0.25, 0.3) is 0 Å². The van der Waals surface area contributed by atoms with E-state index in [9.17, 15) is 0 Å². The molecule has 0 aliphatic heterocycles. The van der Waals surface area contributed by atoms with E-state index in [0.29, 0.717) is 23.7 Å². The Morgan fingerprint density at radius 2 is 2.11 bits per heavy atom. The van der Waals surface area contributed by atoms with Gasteiger partial charge in [0.05, 0.1) is 12.8 Å². The van der Waals surface area contributed by atoms with Gasteiger partial charge >= 0.3 is 7.12 Å². The molecule has 2 aromatic rings. The van der Waals surface area contributed by atoms with Crippen LogP contribution < -0.4 is 10.2 Å². The predicted octanol–water partition coefficient (Wildman–Crippen LogP) is 0.480. The Balaban J connectivity index is 1.63. The van der Waals surface area contributed by atoms with Gasteiger partial charge in [0.2, 0.25) is 0 Å². The molecule has 1 unspecified atom stereocenters. The molecule has 5 heteroatoms. The number of fused-ring (bicyclic) bond motifs is 1. The Bertz CT molecular complexity index is 588. The number of hydrogen-bond donors (Lipinski definition) is 2. The molecule has 0 spiro atoms. The van der Waals surface area contributed by atoms with Gasteiger partial charge < -0.3 is 14.8 Å². The van der Waals surface area contributed by atoms with Gasteiger partial charge in [-0.1, -0.05) is 24.3 Å².